The monoisotopic (exact) mass is 491 g/mol. The molecule has 7 rings (SSSR count). The van der Waals surface area contributed by atoms with Crippen LogP contribution in [0.2, 0.25) is 0 Å². The number of amides is 1. The van der Waals surface area contributed by atoms with Crippen molar-refractivity contribution in [3.63, 3.8) is 0 Å². The van der Waals surface area contributed by atoms with E-state index in [-0.39, 0.29) is 11.4 Å². The van der Waals surface area contributed by atoms with Crippen molar-refractivity contribution in [1.29, 1.82) is 0 Å². The molecule has 0 unspecified atom stereocenters. The number of hydrogen-bond donors (Lipinski definition) is 1. The predicted octanol–water partition coefficient (Wildman–Crippen LogP) is 4.39. The molecule has 8 nitrogen and oxygen atoms in total. The number of alkyl halides is 3. The van der Waals surface area contributed by atoms with Gasteiger partial charge in [-0.3, -0.25) is 4.79 Å². The van der Waals surface area contributed by atoms with E-state index < -0.39 is 17.8 Å². The molecule has 5 aromatic rings. The summed E-state index contributed by atoms with van der Waals surface area (Å²) in [6.07, 6.45) is 4.86. The molecule has 1 atom stereocenters. The van der Waals surface area contributed by atoms with Crippen molar-refractivity contribution in [2.45, 2.75) is 37.4 Å². The van der Waals surface area contributed by atoms with Gasteiger partial charge in [-0.25, -0.2) is 14.0 Å². The molecule has 2 aliphatic rings. The number of aromatic nitrogens is 6. The van der Waals surface area contributed by atoms with Gasteiger partial charge in [0.15, 0.2) is 0 Å². The minimum Gasteiger partial charge on any atom is -0.348 e. The van der Waals surface area contributed by atoms with E-state index in [9.17, 15) is 18.0 Å². The summed E-state index contributed by atoms with van der Waals surface area (Å²) in [5.74, 6) is 0.287. The summed E-state index contributed by atoms with van der Waals surface area (Å²) in [4.78, 5) is 23.0. The van der Waals surface area contributed by atoms with Crippen LogP contribution >= 0.6 is 0 Å². The molecule has 11 heteroatoms. The maximum absolute atomic E-state index is 13.9. The van der Waals surface area contributed by atoms with Gasteiger partial charge in [0.25, 0.3) is 5.91 Å². The number of imidazole rings is 1. The first kappa shape index (κ1) is 21.2. The van der Waals surface area contributed by atoms with Crippen LogP contribution in [-0.4, -0.2) is 46.5 Å². The lowest BCUT2D eigenvalue weighted by atomic mass is 9.98. The molecule has 0 spiro atoms. The first-order valence-corrected chi connectivity index (χ1v) is 11.7. The van der Waals surface area contributed by atoms with Crippen LogP contribution in [-0.2, 0) is 12.6 Å². The fourth-order valence-electron chi connectivity index (χ4n) is 5.18. The summed E-state index contributed by atoms with van der Waals surface area (Å²) in [6, 6.07) is 6.94. The van der Waals surface area contributed by atoms with E-state index in [4.69, 9.17) is 0 Å². The third-order valence-electron chi connectivity index (χ3n) is 7.11. The molecule has 1 aliphatic heterocycles. The highest BCUT2D eigenvalue weighted by Crippen LogP contribution is 2.40. The van der Waals surface area contributed by atoms with Gasteiger partial charge in [0, 0.05) is 31.1 Å². The summed E-state index contributed by atoms with van der Waals surface area (Å²) in [5, 5.41) is 8.86. The van der Waals surface area contributed by atoms with Gasteiger partial charge in [-0.1, -0.05) is 6.07 Å². The Balaban J connectivity index is 1.33. The number of aromatic amines is 1. The second-order valence-electron chi connectivity index (χ2n) is 9.36. The Morgan fingerprint density at radius 2 is 1.97 bits per heavy atom. The molecule has 0 radical (unpaired) electrons. The number of carbonyl (C=O) groups excluding carboxylic acids is 1. The normalized spacial score (nSPS) is 18.2. The number of fused-ring (bicyclic) bond motifs is 3. The van der Waals surface area contributed by atoms with E-state index in [2.05, 4.69) is 20.2 Å². The molecular formula is C25H20F3N7O. The Hall–Kier alpha value is -4.15. The van der Waals surface area contributed by atoms with Crippen molar-refractivity contribution in [1.82, 2.24) is 34.1 Å². The number of carbonyl (C=O) groups is 1. The zero-order valence-corrected chi connectivity index (χ0v) is 18.9. The van der Waals surface area contributed by atoms with Crippen LogP contribution in [0.3, 0.4) is 0 Å². The molecular weight excluding hydrogens is 471 g/mol. The van der Waals surface area contributed by atoms with Gasteiger partial charge in [-0.05, 0) is 48.6 Å². The molecule has 1 aliphatic carbocycles. The summed E-state index contributed by atoms with van der Waals surface area (Å²) in [5.41, 5.74) is 3.20. The Bertz CT molecular complexity index is 1640. The predicted molar refractivity (Wildman–Crippen MR) is 123 cm³/mol. The smallest absolute Gasteiger partial charge is 0.348 e. The van der Waals surface area contributed by atoms with E-state index in [0.29, 0.717) is 41.4 Å². The summed E-state index contributed by atoms with van der Waals surface area (Å²) < 4.78 is 43.9. The SMILES string of the molecule is O=C(c1cnn2cc(C3CC3)ccc12)N1CCc2[nH]cnc2[C@@H]1c1cc2c(C(F)(F)F)cccn2n1. The van der Waals surface area contributed by atoms with E-state index in [1.807, 2.05) is 18.3 Å². The first-order chi connectivity index (χ1) is 17.4. The number of nitrogens with one attached hydrogen (secondary N) is 1. The molecule has 1 N–H and O–H groups in total. The maximum atomic E-state index is 13.9. The molecule has 1 saturated carbocycles. The first-order valence-electron chi connectivity index (χ1n) is 11.7. The average molecular weight is 491 g/mol. The van der Waals surface area contributed by atoms with Gasteiger partial charge >= 0.3 is 6.18 Å². The van der Waals surface area contributed by atoms with Crippen molar-refractivity contribution in [2.75, 3.05) is 6.54 Å². The zero-order valence-electron chi connectivity index (χ0n) is 18.9. The van der Waals surface area contributed by atoms with Gasteiger partial charge in [0.1, 0.15) is 6.04 Å². The topological polar surface area (TPSA) is 83.6 Å². The maximum Gasteiger partial charge on any atom is 0.418 e. The number of hydrogen-bond acceptors (Lipinski definition) is 4. The molecule has 36 heavy (non-hydrogen) atoms. The number of pyridine rings is 2. The fourth-order valence-corrected chi connectivity index (χ4v) is 5.18. The second kappa shape index (κ2) is 7.42. The van der Waals surface area contributed by atoms with Crippen LogP contribution in [0.1, 0.15) is 63.4 Å². The minimum atomic E-state index is -4.53. The molecule has 1 fully saturated rings. The van der Waals surface area contributed by atoms with Crippen molar-refractivity contribution in [2.24, 2.45) is 0 Å². The van der Waals surface area contributed by atoms with Gasteiger partial charge in [0.2, 0.25) is 0 Å². The molecule has 0 bridgehead atoms. The number of H-pyrrole nitrogens is 1. The Labute approximate surface area is 202 Å². The van der Waals surface area contributed by atoms with E-state index in [1.54, 1.807) is 15.6 Å². The lowest BCUT2D eigenvalue weighted by Crippen LogP contribution is -2.41. The molecule has 6 heterocycles. The van der Waals surface area contributed by atoms with Gasteiger partial charge in [-0.2, -0.15) is 23.4 Å². The van der Waals surface area contributed by atoms with Crippen LogP contribution in [0, 0.1) is 0 Å². The van der Waals surface area contributed by atoms with Gasteiger partial charge < -0.3 is 9.88 Å². The quantitative estimate of drug-likeness (QED) is 0.406. The lowest BCUT2D eigenvalue weighted by molar-refractivity contribution is -0.136. The van der Waals surface area contributed by atoms with Crippen LogP contribution in [0.25, 0.3) is 11.0 Å². The minimum absolute atomic E-state index is 0.0707. The Morgan fingerprint density at radius 1 is 1.11 bits per heavy atom. The van der Waals surface area contributed by atoms with E-state index in [1.165, 1.54) is 34.7 Å². The molecule has 1 amide bonds. The molecule has 0 saturated heterocycles. The van der Waals surface area contributed by atoms with Crippen LogP contribution in [0.4, 0.5) is 13.2 Å². The summed E-state index contributed by atoms with van der Waals surface area (Å²) in [7, 11) is 0. The van der Waals surface area contributed by atoms with Crippen molar-refractivity contribution in [3.8, 4) is 0 Å². The highest BCUT2D eigenvalue weighted by Gasteiger charge is 2.39. The Kier molecular flexibility index (Phi) is 4.36. The van der Waals surface area contributed by atoms with Gasteiger partial charge in [-0.15, -0.1) is 0 Å². The number of nitrogens with zero attached hydrogens (tertiary/aromatic N) is 6. The Morgan fingerprint density at radius 3 is 2.78 bits per heavy atom. The average Bonchev–Trinajstić information content (AvgIpc) is 3.26. The zero-order chi connectivity index (χ0) is 24.6. The van der Waals surface area contributed by atoms with Crippen LogP contribution in [0.5, 0.6) is 0 Å². The third-order valence-corrected chi connectivity index (χ3v) is 7.11. The van der Waals surface area contributed by atoms with Crippen molar-refractivity contribution in [3.05, 3.63) is 89.0 Å². The number of halogens is 3. The van der Waals surface area contributed by atoms with Crippen molar-refractivity contribution < 1.29 is 18.0 Å². The van der Waals surface area contributed by atoms with Crippen LogP contribution < -0.4 is 0 Å². The second-order valence-corrected chi connectivity index (χ2v) is 9.36. The molecule has 5 aromatic heterocycles. The standard InChI is InChI=1S/C25H20F3N7O/c26-25(27,28)17-2-1-8-34-21(17)10-19(32-34)23-22-18(29-13-30-22)7-9-33(23)24(36)16-11-31-35-12-15(14-3-4-14)5-6-20(16)35/h1-2,5-6,8,10-14,23H,3-4,7,9H2,(H,29,30)/t23-/m0/s1. The third kappa shape index (κ3) is 3.22. The van der Waals surface area contributed by atoms with Gasteiger partial charge in [0.05, 0.1) is 46.1 Å². The highest BCUT2D eigenvalue weighted by molar-refractivity contribution is 6.01. The van der Waals surface area contributed by atoms with Crippen LogP contribution in [0.15, 0.2) is 55.2 Å². The summed E-state index contributed by atoms with van der Waals surface area (Å²) >= 11 is 0. The number of rotatable bonds is 3. The molecule has 182 valence electrons. The largest absolute Gasteiger partial charge is 0.418 e. The highest BCUT2D eigenvalue weighted by atomic mass is 19.4. The summed E-state index contributed by atoms with van der Waals surface area (Å²) in [6.45, 7) is 0.357. The lowest BCUT2D eigenvalue weighted by Gasteiger charge is -2.33. The van der Waals surface area contributed by atoms with Crippen molar-refractivity contribution >= 4 is 16.9 Å². The van der Waals surface area contributed by atoms with E-state index in [0.717, 1.165) is 24.6 Å². The van der Waals surface area contributed by atoms with E-state index >= 15 is 0 Å². The molecule has 0 aromatic carbocycles. The fraction of sp³-hybridized carbons (Fsp3) is 0.280.